The Hall–Kier alpha value is -2.49. The maximum atomic E-state index is 13.8. The third-order valence-electron chi connectivity index (χ3n) is 4.42. The van der Waals surface area contributed by atoms with E-state index in [0.717, 1.165) is 18.9 Å². The van der Waals surface area contributed by atoms with Gasteiger partial charge in [0, 0.05) is 25.7 Å². The van der Waals surface area contributed by atoms with Gasteiger partial charge in [-0.25, -0.2) is 12.8 Å². The summed E-state index contributed by atoms with van der Waals surface area (Å²) in [6.45, 7) is 2.11. The van der Waals surface area contributed by atoms with Crippen molar-refractivity contribution in [2.24, 2.45) is 0 Å². The summed E-state index contributed by atoms with van der Waals surface area (Å²) in [7, 11) is -3.71. The largest absolute Gasteiger partial charge is 0.324 e. The van der Waals surface area contributed by atoms with Gasteiger partial charge in [0.2, 0.25) is 15.9 Å². The van der Waals surface area contributed by atoms with Crippen molar-refractivity contribution in [3.8, 4) is 0 Å². The molecule has 0 radical (unpaired) electrons. The number of rotatable bonds is 5. The Morgan fingerprint density at radius 2 is 1.76 bits per heavy atom. The number of carbonyl (C=O) groups is 2. The topological polar surface area (TPSA) is 95.6 Å². The van der Waals surface area contributed by atoms with Crippen molar-refractivity contribution in [2.75, 3.05) is 23.7 Å². The van der Waals surface area contributed by atoms with Crippen molar-refractivity contribution in [1.29, 1.82) is 0 Å². The van der Waals surface area contributed by atoms with Gasteiger partial charge < -0.3 is 10.6 Å². The Balaban J connectivity index is 1.87. The standard InChI is InChI=1S/C19H19ClFN3O4S/c1-12(25)22-18-10-13(4-7-17(18)21)23-19(26)15-11-14(5-6-16(15)20)29(27,28)24-8-2-3-9-24/h4-7,10-11H,2-3,8-9H2,1H3,(H,22,25)(H,23,26). The molecular formula is C19H19ClFN3O4S. The second-order valence-corrected chi connectivity index (χ2v) is 8.93. The van der Waals surface area contributed by atoms with Crippen LogP contribution in [0.5, 0.6) is 0 Å². The zero-order valence-electron chi connectivity index (χ0n) is 15.5. The molecule has 1 saturated heterocycles. The Morgan fingerprint density at radius 3 is 2.41 bits per heavy atom. The lowest BCUT2D eigenvalue weighted by Gasteiger charge is -2.16. The molecule has 154 valence electrons. The minimum absolute atomic E-state index is 0.0213. The van der Waals surface area contributed by atoms with E-state index in [-0.39, 0.29) is 26.9 Å². The Kier molecular flexibility index (Phi) is 6.21. The molecule has 0 saturated carbocycles. The van der Waals surface area contributed by atoms with Gasteiger partial charge >= 0.3 is 0 Å². The van der Waals surface area contributed by atoms with E-state index in [1.54, 1.807) is 0 Å². The normalized spacial score (nSPS) is 14.6. The van der Waals surface area contributed by atoms with E-state index < -0.39 is 27.7 Å². The maximum absolute atomic E-state index is 13.8. The Bertz CT molecular complexity index is 1070. The monoisotopic (exact) mass is 439 g/mol. The van der Waals surface area contributed by atoms with Crippen molar-refractivity contribution in [3.05, 3.63) is 52.8 Å². The molecule has 1 heterocycles. The van der Waals surface area contributed by atoms with Crippen LogP contribution < -0.4 is 10.6 Å². The molecule has 0 aromatic heterocycles. The van der Waals surface area contributed by atoms with Crippen molar-refractivity contribution >= 4 is 44.8 Å². The van der Waals surface area contributed by atoms with Gasteiger partial charge in [0.05, 0.1) is 21.2 Å². The van der Waals surface area contributed by atoms with E-state index >= 15 is 0 Å². The molecule has 0 atom stereocenters. The maximum Gasteiger partial charge on any atom is 0.257 e. The van der Waals surface area contributed by atoms with Crippen LogP contribution in [-0.2, 0) is 14.8 Å². The van der Waals surface area contributed by atoms with Gasteiger partial charge in [0.15, 0.2) is 0 Å². The number of halogens is 2. The minimum atomic E-state index is -3.71. The average molecular weight is 440 g/mol. The lowest BCUT2D eigenvalue weighted by atomic mass is 10.2. The first kappa shape index (κ1) is 21.2. The lowest BCUT2D eigenvalue weighted by Crippen LogP contribution is -2.28. The molecule has 7 nitrogen and oxygen atoms in total. The van der Waals surface area contributed by atoms with Gasteiger partial charge in [-0.05, 0) is 49.2 Å². The fraction of sp³-hybridized carbons (Fsp3) is 0.263. The van der Waals surface area contributed by atoms with Crippen LogP contribution in [0.4, 0.5) is 15.8 Å². The zero-order valence-corrected chi connectivity index (χ0v) is 17.1. The first-order valence-corrected chi connectivity index (χ1v) is 10.7. The molecule has 0 bridgehead atoms. The Morgan fingerprint density at radius 1 is 1.07 bits per heavy atom. The summed E-state index contributed by atoms with van der Waals surface area (Å²) >= 11 is 6.11. The highest BCUT2D eigenvalue weighted by Gasteiger charge is 2.28. The third kappa shape index (κ3) is 4.75. The number of nitrogens with zero attached hydrogens (tertiary/aromatic N) is 1. The molecular weight excluding hydrogens is 421 g/mol. The number of anilines is 2. The summed E-state index contributed by atoms with van der Waals surface area (Å²) in [5.41, 5.74) is 0.0909. The molecule has 2 amide bonds. The number of nitrogens with one attached hydrogen (secondary N) is 2. The van der Waals surface area contributed by atoms with Crippen LogP contribution in [0.3, 0.4) is 0 Å². The van der Waals surface area contributed by atoms with Crippen LogP contribution in [0, 0.1) is 5.82 Å². The third-order valence-corrected chi connectivity index (χ3v) is 6.64. The second kappa shape index (κ2) is 8.48. The Labute approximate surface area is 172 Å². The summed E-state index contributed by atoms with van der Waals surface area (Å²) in [6.07, 6.45) is 1.59. The number of hydrogen-bond donors (Lipinski definition) is 2. The fourth-order valence-corrected chi connectivity index (χ4v) is 4.75. The molecule has 1 aliphatic rings. The van der Waals surface area contributed by atoms with Gasteiger partial charge in [-0.1, -0.05) is 11.6 Å². The van der Waals surface area contributed by atoms with E-state index in [1.807, 2.05) is 0 Å². The molecule has 29 heavy (non-hydrogen) atoms. The molecule has 3 rings (SSSR count). The molecule has 10 heteroatoms. The molecule has 1 fully saturated rings. The van der Waals surface area contributed by atoms with E-state index in [1.165, 1.54) is 41.6 Å². The average Bonchev–Trinajstić information content (AvgIpc) is 3.20. The molecule has 0 spiro atoms. The lowest BCUT2D eigenvalue weighted by molar-refractivity contribution is -0.114. The number of amides is 2. The number of hydrogen-bond acceptors (Lipinski definition) is 4. The number of benzene rings is 2. The van der Waals surface area contributed by atoms with Gasteiger partial charge in [-0.3, -0.25) is 9.59 Å². The summed E-state index contributed by atoms with van der Waals surface area (Å²) in [6, 6.07) is 7.61. The van der Waals surface area contributed by atoms with Gasteiger partial charge in [-0.2, -0.15) is 4.31 Å². The zero-order chi connectivity index (χ0) is 21.2. The van der Waals surface area contributed by atoms with Crippen LogP contribution >= 0.6 is 11.6 Å². The van der Waals surface area contributed by atoms with Crippen LogP contribution in [0.25, 0.3) is 0 Å². The van der Waals surface area contributed by atoms with E-state index in [0.29, 0.717) is 13.1 Å². The summed E-state index contributed by atoms with van der Waals surface area (Å²) in [4.78, 5) is 23.8. The fourth-order valence-electron chi connectivity index (χ4n) is 3.00. The highest BCUT2D eigenvalue weighted by Crippen LogP contribution is 2.27. The van der Waals surface area contributed by atoms with Crippen LogP contribution in [0.15, 0.2) is 41.3 Å². The highest BCUT2D eigenvalue weighted by molar-refractivity contribution is 7.89. The molecule has 0 aliphatic carbocycles. The van der Waals surface area contributed by atoms with Crippen molar-refractivity contribution in [3.63, 3.8) is 0 Å². The quantitative estimate of drug-likeness (QED) is 0.745. The number of carbonyl (C=O) groups excluding carboxylic acids is 2. The minimum Gasteiger partial charge on any atom is -0.324 e. The highest BCUT2D eigenvalue weighted by atomic mass is 35.5. The predicted molar refractivity (Wildman–Crippen MR) is 108 cm³/mol. The van der Waals surface area contributed by atoms with Gasteiger partial charge in [0.25, 0.3) is 5.91 Å². The molecule has 1 aliphatic heterocycles. The predicted octanol–water partition coefficient (Wildman–Crippen LogP) is 3.47. The first-order valence-electron chi connectivity index (χ1n) is 8.86. The molecule has 2 N–H and O–H groups in total. The second-order valence-electron chi connectivity index (χ2n) is 6.58. The SMILES string of the molecule is CC(=O)Nc1cc(NC(=O)c2cc(S(=O)(=O)N3CCCC3)ccc2Cl)ccc1F. The molecule has 2 aromatic rings. The van der Waals surface area contributed by atoms with Gasteiger partial charge in [0.1, 0.15) is 5.82 Å². The van der Waals surface area contributed by atoms with Crippen LogP contribution in [0.1, 0.15) is 30.1 Å². The van der Waals surface area contributed by atoms with Crippen molar-refractivity contribution in [1.82, 2.24) is 4.31 Å². The van der Waals surface area contributed by atoms with E-state index in [4.69, 9.17) is 11.6 Å². The smallest absolute Gasteiger partial charge is 0.257 e. The van der Waals surface area contributed by atoms with E-state index in [9.17, 15) is 22.4 Å². The van der Waals surface area contributed by atoms with Crippen molar-refractivity contribution < 1.29 is 22.4 Å². The van der Waals surface area contributed by atoms with E-state index in [2.05, 4.69) is 10.6 Å². The molecule has 2 aromatic carbocycles. The van der Waals surface area contributed by atoms with Crippen LogP contribution in [0.2, 0.25) is 5.02 Å². The van der Waals surface area contributed by atoms with Gasteiger partial charge in [-0.15, -0.1) is 0 Å². The van der Waals surface area contributed by atoms with Crippen molar-refractivity contribution in [2.45, 2.75) is 24.7 Å². The summed E-state index contributed by atoms with van der Waals surface area (Å²) in [5.74, 6) is -1.78. The molecule has 0 unspecified atom stereocenters. The van der Waals surface area contributed by atoms with Crippen LogP contribution in [-0.4, -0.2) is 37.6 Å². The summed E-state index contributed by atoms with van der Waals surface area (Å²) in [5, 5.41) is 4.94. The first-order chi connectivity index (χ1) is 13.7. The summed E-state index contributed by atoms with van der Waals surface area (Å²) < 4.78 is 40.6. The number of sulfonamides is 1.